The first-order valence-corrected chi connectivity index (χ1v) is 9.21. The van der Waals surface area contributed by atoms with E-state index >= 15 is 0 Å². The second-order valence-electron chi connectivity index (χ2n) is 5.71. The monoisotopic (exact) mass is 462 g/mol. The van der Waals surface area contributed by atoms with Crippen LogP contribution < -0.4 is 15.3 Å². The van der Waals surface area contributed by atoms with Gasteiger partial charge >= 0.3 is 17.4 Å². The minimum atomic E-state index is -1.35. The summed E-state index contributed by atoms with van der Waals surface area (Å²) in [7, 11) is 0. The van der Waals surface area contributed by atoms with Gasteiger partial charge in [-0.05, 0) is 54.2 Å². The van der Waals surface area contributed by atoms with Gasteiger partial charge in [-0.3, -0.25) is 0 Å². The van der Waals surface area contributed by atoms with Crippen molar-refractivity contribution in [3.05, 3.63) is 108 Å². The van der Waals surface area contributed by atoms with Crippen LogP contribution in [0.15, 0.2) is 91.0 Å². The summed E-state index contributed by atoms with van der Waals surface area (Å²) in [5.41, 5.74) is 2.03. The van der Waals surface area contributed by atoms with Gasteiger partial charge in [0.1, 0.15) is 17.9 Å². The van der Waals surface area contributed by atoms with E-state index in [1.54, 1.807) is 72.8 Å². The number of carbonyl (C=O) groups is 3. The molecule has 3 aromatic carbocycles. The molecule has 0 saturated heterocycles. The van der Waals surface area contributed by atoms with Crippen LogP contribution in [-0.2, 0) is 14.4 Å². The predicted molar refractivity (Wildman–Crippen MR) is 121 cm³/mol. The Balaban J connectivity index is 0.000000473. The Kier molecular flexibility index (Phi) is 15.4. The maximum absolute atomic E-state index is 9.89. The topological polar surface area (TPSA) is 120 Å². The minimum Gasteiger partial charge on any atom is -0.537 e. The van der Waals surface area contributed by atoms with Gasteiger partial charge in [0.05, 0.1) is 0 Å². The van der Waals surface area contributed by atoms with Crippen molar-refractivity contribution in [3.8, 4) is 35.5 Å². The fraction of sp³-hybridized carbons (Fsp3) is 0. The van der Waals surface area contributed by atoms with Crippen LogP contribution in [0, 0.1) is 35.5 Å². The fourth-order valence-electron chi connectivity index (χ4n) is 1.93. The van der Waals surface area contributed by atoms with E-state index in [9.17, 15) is 29.7 Å². The average molecular weight is 462 g/mol. The van der Waals surface area contributed by atoms with E-state index in [0.29, 0.717) is 16.7 Å². The molecule has 0 aliphatic rings. The van der Waals surface area contributed by atoms with Crippen LogP contribution in [0.2, 0.25) is 0 Å². The van der Waals surface area contributed by atoms with Crippen molar-refractivity contribution in [2.24, 2.45) is 0 Å². The Morgan fingerprint density at radius 1 is 0.441 bits per heavy atom. The van der Waals surface area contributed by atoms with Gasteiger partial charge in [-0.2, -0.15) is 0 Å². The Labute approximate surface area is 208 Å². The van der Waals surface area contributed by atoms with Gasteiger partial charge in [0.15, 0.2) is 0 Å². The second kappa shape index (κ2) is 17.9. The van der Waals surface area contributed by atoms with Crippen molar-refractivity contribution >= 4 is 35.3 Å². The molecule has 0 bridgehead atoms. The Morgan fingerprint density at radius 3 is 0.824 bits per heavy atom. The third kappa shape index (κ3) is 16.0. The first kappa shape index (κ1) is 29.3. The molecular formula is C27H15AlO6. The molecule has 0 aromatic heterocycles. The smallest absolute Gasteiger partial charge is 0.537 e. The second-order valence-corrected chi connectivity index (χ2v) is 5.71. The summed E-state index contributed by atoms with van der Waals surface area (Å²) in [5, 5.41) is 29.7. The van der Waals surface area contributed by atoms with Crippen molar-refractivity contribution in [1.82, 2.24) is 0 Å². The normalized spacial score (nSPS) is 7.76. The van der Waals surface area contributed by atoms with Crippen LogP contribution in [0.25, 0.3) is 0 Å². The molecule has 0 saturated carbocycles. The van der Waals surface area contributed by atoms with E-state index in [1.807, 2.05) is 36.0 Å². The largest absolute Gasteiger partial charge is 3.00 e. The number of aliphatic carboxylic acids is 3. The van der Waals surface area contributed by atoms with Gasteiger partial charge in [-0.25, -0.2) is 0 Å². The minimum absolute atomic E-state index is 0. The molecule has 0 heterocycles. The van der Waals surface area contributed by atoms with E-state index in [0.717, 1.165) is 0 Å². The number of carbonyl (C=O) groups excluding carboxylic acids is 3. The summed E-state index contributed by atoms with van der Waals surface area (Å²) < 4.78 is 0. The summed E-state index contributed by atoms with van der Waals surface area (Å²) in [5.74, 6) is 8.99. The molecule has 0 atom stereocenters. The molecule has 3 rings (SSSR count). The van der Waals surface area contributed by atoms with Gasteiger partial charge < -0.3 is 29.7 Å². The molecule has 162 valence electrons. The van der Waals surface area contributed by atoms with Crippen LogP contribution in [0.5, 0.6) is 0 Å². The van der Waals surface area contributed by atoms with Crippen molar-refractivity contribution in [2.45, 2.75) is 0 Å². The van der Waals surface area contributed by atoms with Crippen molar-refractivity contribution < 1.29 is 29.7 Å². The number of carboxylic acid groups (broad SMARTS) is 3. The van der Waals surface area contributed by atoms with Crippen molar-refractivity contribution in [2.75, 3.05) is 0 Å². The van der Waals surface area contributed by atoms with E-state index in [2.05, 4.69) is 17.8 Å². The molecule has 34 heavy (non-hydrogen) atoms. The molecule has 3 aromatic rings. The van der Waals surface area contributed by atoms with Crippen LogP contribution in [0.4, 0.5) is 0 Å². The molecule has 0 spiro atoms. The SMILES string of the molecule is O=C([O-])C#Cc1ccccc1.O=C([O-])C#Cc1ccccc1.O=C([O-])C#Cc1ccccc1.[Al+3]. The Morgan fingerprint density at radius 2 is 0.647 bits per heavy atom. The van der Waals surface area contributed by atoms with E-state index < -0.39 is 17.9 Å². The predicted octanol–water partition coefficient (Wildman–Crippen LogP) is -1.02. The number of hydrogen-bond acceptors (Lipinski definition) is 6. The van der Waals surface area contributed by atoms with Crippen LogP contribution >= 0.6 is 0 Å². The quantitative estimate of drug-likeness (QED) is 0.312. The standard InChI is InChI=1S/3C9H6O2.Al/c3*10-9(11)7-6-8-4-2-1-3-5-8;/h3*1-5H,(H,10,11);/q;;;+3/p-3. The summed E-state index contributed by atoms with van der Waals surface area (Å²) in [6, 6.07) is 26.7. The number of rotatable bonds is 0. The summed E-state index contributed by atoms with van der Waals surface area (Å²) >= 11 is 0. The molecule has 0 radical (unpaired) electrons. The van der Waals surface area contributed by atoms with Gasteiger partial charge in [-0.15, -0.1) is 0 Å². The molecule has 0 fully saturated rings. The molecule has 0 aliphatic carbocycles. The summed E-state index contributed by atoms with van der Waals surface area (Å²) in [6.07, 6.45) is 0. The molecule has 0 N–H and O–H groups in total. The Hall–Kier alpha value is -4.72. The molecule has 0 amide bonds. The number of carboxylic acids is 3. The zero-order valence-corrected chi connectivity index (χ0v) is 18.8. The van der Waals surface area contributed by atoms with Crippen molar-refractivity contribution in [1.29, 1.82) is 0 Å². The van der Waals surface area contributed by atoms with Gasteiger partial charge in [-0.1, -0.05) is 72.4 Å². The first-order chi connectivity index (χ1) is 15.9. The zero-order valence-electron chi connectivity index (χ0n) is 17.7. The average Bonchev–Trinajstić information content (AvgIpc) is 2.83. The molecule has 0 aliphatic heterocycles. The van der Waals surface area contributed by atoms with Crippen molar-refractivity contribution in [3.63, 3.8) is 0 Å². The van der Waals surface area contributed by atoms with E-state index in [4.69, 9.17) is 0 Å². The maximum Gasteiger partial charge on any atom is 3.00 e. The van der Waals surface area contributed by atoms with Gasteiger partial charge in [0, 0.05) is 16.7 Å². The third-order valence-corrected chi connectivity index (χ3v) is 3.25. The zero-order chi connectivity index (χ0) is 24.3. The van der Waals surface area contributed by atoms with E-state index in [1.165, 1.54) is 0 Å². The Bertz CT molecular complexity index is 1080. The summed E-state index contributed by atoms with van der Waals surface area (Å²) in [4.78, 5) is 29.7. The number of benzene rings is 3. The van der Waals surface area contributed by atoms with Crippen LogP contribution in [0.1, 0.15) is 16.7 Å². The first-order valence-electron chi connectivity index (χ1n) is 9.21. The molecule has 6 nitrogen and oxygen atoms in total. The van der Waals surface area contributed by atoms with Gasteiger partial charge in [0.2, 0.25) is 0 Å². The molecular weight excluding hydrogens is 447 g/mol. The molecule has 7 heteroatoms. The summed E-state index contributed by atoms with van der Waals surface area (Å²) in [6.45, 7) is 0. The molecule has 0 unspecified atom stereocenters. The van der Waals surface area contributed by atoms with Crippen LogP contribution in [0.3, 0.4) is 0 Å². The fourth-order valence-corrected chi connectivity index (χ4v) is 1.93. The van der Waals surface area contributed by atoms with Gasteiger partial charge in [0.25, 0.3) is 0 Å². The van der Waals surface area contributed by atoms with Crippen LogP contribution in [-0.4, -0.2) is 35.3 Å². The third-order valence-electron chi connectivity index (χ3n) is 3.25. The van der Waals surface area contributed by atoms with E-state index in [-0.39, 0.29) is 17.4 Å². The maximum atomic E-state index is 9.89. The number of hydrogen-bond donors (Lipinski definition) is 0.